The first-order chi connectivity index (χ1) is 13.5. The van der Waals surface area contributed by atoms with Gasteiger partial charge >= 0.3 is 0 Å². The molecule has 0 spiro atoms. The first-order valence-electron chi connectivity index (χ1n) is 8.88. The van der Waals surface area contributed by atoms with Gasteiger partial charge in [0.2, 0.25) is 0 Å². The molecule has 2 heterocycles. The number of Topliss-reactive ketones (excluding diaryl/α,β-unsaturated/α-hetero) is 1. The van der Waals surface area contributed by atoms with E-state index in [-0.39, 0.29) is 18.7 Å². The van der Waals surface area contributed by atoms with Crippen molar-refractivity contribution >= 4 is 17.4 Å². The lowest BCUT2D eigenvalue weighted by Crippen LogP contribution is -2.42. The Labute approximate surface area is 162 Å². The molecule has 3 aromatic rings. The van der Waals surface area contributed by atoms with Crippen LogP contribution in [0.2, 0.25) is 0 Å². The van der Waals surface area contributed by atoms with E-state index in [1.807, 2.05) is 41.2 Å². The van der Waals surface area contributed by atoms with Gasteiger partial charge in [-0.15, -0.1) is 6.42 Å². The minimum Gasteiger partial charge on any atom is -0.375 e. The van der Waals surface area contributed by atoms with Gasteiger partial charge in [-0.05, 0) is 42.5 Å². The number of aromatic nitrogens is 1. The second-order valence-corrected chi connectivity index (χ2v) is 6.71. The van der Waals surface area contributed by atoms with Crippen LogP contribution in [0, 0.1) is 12.3 Å². The molecule has 1 atom stereocenters. The van der Waals surface area contributed by atoms with E-state index < -0.39 is 11.5 Å². The number of rotatable bonds is 5. The van der Waals surface area contributed by atoms with Gasteiger partial charge in [0.05, 0.1) is 18.7 Å². The molecular weight excluding hydrogens is 352 g/mol. The molecule has 1 aliphatic rings. The van der Waals surface area contributed by atoms with Crippen molar-refractivity contribution in [2.24, 2.45) is 0 Å². The van der Waals surface area contributed by atoms with E-state index in [0.29, 0.717) is 16.8 Å². The molecule has 0 fully saturated rings. The summed E-state index contributed by atoms with van der Waals surface area (Å²) in [5.41, 5.74) is 0.396. The number of para-hydroxylation sites is 1. The normalized spacial score (nSPS) is 18.0. The molecule has 4 rings (SSSR count). The molecule has 1 aliphatic heterocycles. The van der Waals surface area contributed by atoms with E-state index in [2.05, 4.69) is 5.92 Å². The molecule has 0 radical (unpaired) electrons. The third-order valence-electron chi connectivity index (χ3n) is 5.00. The fraction of sp³-hybridized carbons (Fsp3) is 0.130. The Kier molecular flexibility index (Phi) is 4.34. The van der Waals surface area contributed by atoms with E-state index >= 15 is 0 Å². The number of aliphatic hydroxyl groups is 1. The maximum Gasteiger partial charge on any atom is 0.265 e. The number of terminal acetylenes is 1. The van der Waals surface area contributed by atoms with Crippen molar-refractivity contribution in [3.05, 3.63) is 84.2 Å². The van der Waals surface area contributed by atoms with Crippen molar-refractivity contribution in [1.29, 1.82) is 0 Å². The van der Waals surface area contributed by atoms with E-state index in [4.69, 9.17) is 6.42 Å². The lowest BCUT2D eigenvalue weighted by molar-refractivity contribution is -0.135. The van der Waals surface area contributed by atoms with Crippen molar-refractivity contribution in [2.45, 2.75) is 12.0 Å². The maximum atomic E-state index is 12.9. The number of benzene rings is 2. The van der Waals surface area contributed by atoms with Crippen molar-refractivity contribution in [3.63, 3.8) is 0 Å². The fourth-order valence-electron chi connectivity index (χ4n) is 3.59. The molecule has 0 aliphatic carbocycles. The van der Waals surface area contributed by atoms with Gasteiger partial charge in [0.15, 0.2) is 11.4 Å². The summed E-state index contributed by atoms with van der Waals surface area (Å²) in [6.07, 6.45) is 8.85. The number of fused-ring (bicyclic) bond motifs is 1. The average Bonchev–Trinajstić information content (AvgIpc) is 3.32. The zero-order valence-corrected chi connectivity index (χ0v) is 15.1. The number of nitrogens with zero attached hydrogens (tertiary/aromatic N) is 2. The van der Waals surface area contributed by atoms with Crippen molar-refractivity contribution in [3.8, 4) is 18.0 Å². The minimum atomic E-state index is -1.91. The fourth-order valence-corrected chi connectivity index (χ4v) is 3.59. The topological polar surface area (TPSA) is 62.5 Å². The highest BCUT2D eigenvalue weighted by molar-refractivity contribution is 6.11. The molecule has 138 valence electrons. The molecule has 0 unspecified atom stereocenters. The smallest absolute Gasteiger partial charge is 0.265 e. The molecule has 0 saturated heterocycles. The third kappa shape index (κ3) is 2.81. The van der Waals surface area contributed by atoms with Crippen LogP contribution in [0.25, 0.3) is 5.69 Å². The van der Waals surface area contributed by atoms with Crippen LogP contribution in [0.4, 0.5) is 5.69 Å². The zero-order valence-electron chi connectivity index (χ0n) is 15.1. The van der Waals surface area contributed by atoms with Gasteiger partial charge < -0.3 is 9.67 Å². The van der Waals surface area contributed by atoms with Crippen molar-refractivity contribution in [1.82, 2.24) is 4.57 Å². The predicted octanol–water partition coefficient (Wildman–Crippen LogP) is 2.92. The summed E-state index contributed by atoms with van der Waals surface area (Å²) in [5.74, 6) is 1.55. The Morgan fingerprint density at radius 1 is 1.04 bits per heavy atom. The van der Waals surface area contributed by atoms with E-state index in [1.54, 1.807) is 36.4 Å². The van der Waals surface area contributed by atoms with Crippen molar-refractivity contribution < 1.29 is 14.7 Å². The van der Waals surface area contributed by atoms with Gasteiger partial charge in [-0.3, -0.25) is 14.5 Å². The highest BCUT2D eigenvalue weighted by atomic mass is 16.3. The Morgan fingerprint density at radius 2 is 1.71 bits per heavy atom. The Hall–Kier alpha value is -3.62. The van der Waals surface area contributed by atoms with Gasteiger partial charge in [0.1, 0.15) is 0 Å². The Balaban J connectivity index is 1.62. The zero-order chi connectivity index (χ0) is 19.7. The molecule has 1 N–H and O–H groups in total. The summed E-state index contributed by atoms with van der Waals surface area (Å²) in [5, 5.41) is 11.2. The number of ketones is 1. The van der Waals surface area contributed by atoms with E-state index in [1.165, 1.54) is 4.90 Å². The number of amides is 1. The molecule has 0 saturated carbocycles. The van der Waals surface area contributed by atoms with Crippen molar-refractivity contribution in [2.75, 3.05) is 11.4 Å². The van der Waals surface area contributed by atoms with Crippen LogP contribution in [0.3, 0.4) is 0 Å². The molecule has 5 nitrogen and oxygen atoms in total. The van der Waals surface area contributed by atoms with Gasteiger partial charge in [0.25, 0.3) is 5.91 Å². The largest absolute Gasteiger partial charge is 0.375 e. The third-order valence-corrected chi connectivity index (χ3v) is 5.00. The highest BCUT2D eigenvalue weighted by Crippen LogP contribution is 2.42. The molecule has 2 aromatic carbocycles. The number of carbonyl (C=O) groups excluding carboxylic acids is 2. The summed E-state index contributed by atoms with van der Waals surface area (Å²) >= 11 is 0. The molecule has 1 aromatic heterocycles. The Morgan fingerprint density at radius 3 is 2.39 bits per heavy atom. The number of carbonyl (C=O) groups is 2. The van der Waals surface area contributed by atoms with Crippen LogP contribution in [-0.2, 0) is 10.4 Å². The lowest BCUT2D eigenvalue weighted by Gasteiger charge is -2.22. The van der Waals surface area contributed by atoms with Crippen LogP contribution >= 0.6 is 0 Å². The molecule has 28 heavy (non-hydrogen) atoms. The second kappa shape index (κ2) is 6.84. The second-order valence-electron chi connectivity index (χ2n) is 6.71. The van der Waals surface area contributed by atoms with Gasteiger partial charge in [0, 0.05) is 29.2 Å². The first kappa shape index (κ1) is 17.8. The predicted molar refractivity (Wildman–Crippen MR) is 106 cm³/mol. The van der Waals surface area contributed by atoms with Crippen LogP contribution in [0.5, 0.6) is 0 Å². The molecule has 1 amide bonds. The van der Waals surface area contributed by atoms with Crippen LogP contribution in [0.1, 0.15) is 22.3 Å². The van der Waals surface area contributed by atoms with Gasteiger partial charge in [-0.2, -0.15) is 0 Å². The SMILES string of the molecule is C#CCN1C(=O)[C@](O)(CC(=O)c2ccc(-n3cccc3)cc2)c2ccccc21. The van der Waals surface area contributed by atoms with Crippen LogP contribution < -0.4 is 4.90 Å². The first-order valence-corrected chi connectivity index (χ1v) is 8.88. The van der Waals surface area contributed by atoms with Crippen LogP contribution in [0.15, 0.2) is 73.1 Å². The number of hydrogen-bond donors (Lipinski definition) is 1. The minimum absolute atomic E-state index is 0.0396. The van der Waals surface area contributed by atoms with Crippen LogP contribution in [-0.4, -0.2) is 27.9 Å². The highest BCUT2D eigenvalue weighted by Gasteiger charge is 2.50. The lowest BCUT2D eigenvalue weighted by atomic mass is 9.88. The van der Waals surface area contributed by atoms with E-state index in [0.717, 1.165) is 5.69 Å². The molecule has 0 bridgehead atoms. The summed E-state index contributed by atoms with van der Waals surface area (Å²) in [7, 11) is 0. The summed E-state index contributed by atoms with van der Waals surface area (Å²) in [4.78, 5) is 27.1. The maximum absolute atomic E-state index is 12.9. The van der Waals surface area contributed by atoms with Gasteiger partial charge in [-0.1, -0.05) is 24.1 Å². The Bertz CT molecular complexity index is 1080. The average molecular weight is 370 g/mol. The summed E-state index contributed by atoms with van der Waals surface area (Å²) in [6, 6.07) is 17.8. The number of anilines is 1. The summed E-state index contributed by atoms with van der Waals surface area (Å²) in [6.45, 7) is 0.0396. The van der Waals surface area contributed by atoms with Gasteiger partial charge in [-0.25, -0.2) is 0 Å². The number of hydrogen-bond acceptors (Lipinski definition) is 3. The molecular formula is C23H18N2O3. The quantitative estimate of drug-likeness (QED) is 0.555. The van der Waals surface area contributed by atoms with E-state index in [9.17, 15) is 14.7 Å². The monoisotopic (exact) mass is 370 g/mol. The standard InChI is InChI=1S/C23H18N2O3/c1-2-13-25-20-8-4-3-7-19(20)23(28,22(25)27)16-21(26)17-9-11-18(12-10-17)24-14-5-6-15-24/h1,3-12,14-15,28H,13,16H2/t23-/m0/s1. The summed E-state index contributed by atoms with van der Waals surface area (Å²) < 4.78 is 1.93. The molecule has 5 heteroatoms.